The minimum absolute atomic E-state index is 0.124. The number of piperidine rings is 2. The summed E-state index contributed by atoms with van der Waals surface area (Å²) in [5, 5.41) is 11.9. The number of alkyl halides is 2. The van der Waals surface area contributed by atoms with Crippen molar-refractivity contribution in [3.63, 3.8) is 0 Å². The molecular weight excluding hydrogens is 518 g/mol. The van der Waals surface area contributed by atoms with Crippen molar-refractivity contribution in [2.45, 2.75) is 38.5 Å². The number of aliphatic hydroxyl groups is 1. The minimum atomic E-state index is -3.73. The molecule has 10 nitrogen and oxygen atoms in total. The summed E-state index contributed by atoms with van der Waals surface area (Å²) in [5.41, 5.74) is 1.88. The number of fused-ring (bicyclic) bond motifs is 1. The molecule has 38 heavy (non-hydrogen) atoms. The number of sulfonamides is 1. The van der Waals surface area contributed by atoms with E-state index < -0.39 is 34.2 Å². The van der Waals surface area contributed by atoms with Gasteiger partial charge in [-0.3, -0.25) is 9.52 Å². The number of nitrogens with one attached hydrogen (secondary N) is 2. The summed E-state index contributed by atoms with van der Waals surface area (Å²) in [6.07, 6.45) is 1.62. The largest absolute Gasteiger partial charge is 0.395 e. The summed E-state index contributed by atoms with van der Waals surface area (Å²) < 4.78 is 54.1. The molecule has 0 spiro atoms. The molecule has 1 saturated carbocycles. The van der Waals surface area contributed by atoms with Crippen LogP contribution in [-0.2, 0) is 10.0 Å². The quantitative estimate of drug-likeness (QED) is 0.458. The van der Waals surface area contributed by atoms with Crippen molar-refractivity contribution in [3.05, 3.63) is 35.5 Å². The van der Waals surface area contributed by atoms with E-state index in [1.165, 1.54) is 6.07 Å². The number of rotatable bonds is 8. The number of benzene rings is 1. The van der Waals surface area contributed by atoms with Gasteiger partial charge in [-0.15, -0.1) is 0 Å². The maximum absolute atomic E-state index is 13.6. The molecule has 3 heterocycles. The first-order valence-corrected chi connectivity index (χ1v) is 14.5. The van der Waals surface area contributed by atoms with Crippen LogP contribution in [0.3, 0.4) is 0 Å². The zero-order chi connectivity index (χ0) is 27.1. The number of hydrogen-bond donors (Lipinski definition) is 3. The van der Waals surface area contributed by atoms with Crippen molar-refractivity contribution in [3.8, 4) is 0 Å². The third kappa shape index (κ3) is 6.15. The van der Waals surface area contributed by atoms with Gasteiger partial charge in [-0.25, -0.2) is 22.2 Å². The van der Waals surface area contributed by atoms with Crippen LogP contribution < -0.4 is 19.8 Å². The summed E-state index contributed by atoms with van der Waals surface area (Å²) in [6.45, 7) is 3.03. The number of anilines is 4. The van der Waals surface area contributed by atoms with E-state index >= 15 is 0 Å². The Morgan fingerprint density at radius 2 is 1.89 bits per heavy atom. The molecule has 13 heteroatoms. The van der Waals surface area contributed by atoms with Crippen molar-refractivity contribution in [2.75, 3.05) is 58.4 Å². The molecule has 3 N–H and O–H groups in total. The zero-order valence-electron chi connectivity index (χ0n) is 21.2. The topological polar surface area (TPSA) is 128 Å². The zero-order valence-corrected chi connectivity index (χ0v) is 22.0. The number of halogens is 2. The lowest BCUT2D eigenvalue weighted by molar-refractivity contribution is -0.0222. The number of aryl methyl sites for hydroxylation is 1. The smallest absolute Gasteiger partial charge is 0.258 e. The summed E-state index contributed by atoms with van der Waals surface area (Å²) >= 11 is 0. The molecule has 1 aromatic carbocycles. The first kappa shape index (κ1) is 26.5. The van der Waals surface area contributed by atoms with Gasteiger partial charge in [0.15, 0.2) is 0 Å². The molecule has 0 bridgehead atoms. The van der Waals surface area contributed by atoms with Crippen LogP contribution in [0.5, 0.6) is 0 Å². The molecule has 0 radical (unpaired) electrons. The number of aromatic nitrogens is 2. The highest BCUT2D eigenvalue weighted by Gasteiger charge is 2.42. The molecule has 2 saturated heterocycles. The van der Waals surface area contributed by atoms with Crippen LogP contribution in [0.25, 0.3) is 0 Å². The van der Waals surface area contributed by atoms with Gasteiger partial charge in [0.25, 0.3) is 11.8 Å². The Morgan fingerprint density at radius 1 is 1.13 bits per heavy atom. The predicted octanol–water partition coefficient (Wildman–Crippen LogP) is 2.85. The fraction of sp³-hybridized carbons (Fsp3) is 0.560. The van der Waals surface area contributed by atoms with E-state index in [2.05, 4.69) is 24.9 Å². The Balaban J connectivity index is 1.39. The number of aliphatic hydroxyl groups excluding tert-OH is 1. The van der Waals surface area contributed by atoms with E-state index in [1.807, 2.05) is 0 Å². The first-order chi connectivity index (χ1) is 18.0. The minimum Gasteiger partial charge on any atom is -0.395 e. The molecule has 1 aromatic heterocycles. The van der Waals surface area contributed by atoms with E-state index in [1.54, 1.807) is 30.0 Å². The molecule has 2 aliphatic heterocycles. The fourth-order valence-corrected chi connectivity index (χ4v) is 6.01. The van der Waals surface area contributed by atoms with Gasteiger partial charge in [0.1, 0.15) is 5.82 Å². The van der Waals surface area contributed by atoms with Crippen molar-refractivity contribution in [1.29, 1.82) is 0 Å². The van der Waals surface area contributed by atoms with Crippen molar-refractivity contribution in [1.82, 2.24) is 9.97 Å². The first-order valence-electron chi connectivity index (χ1n) is 12.8. The Kier molecular flexibility index (Phi) is 7.16. The van der Waals surface area contributed by atoms with E-state index in [0.29, 0.717) is 40.4 Å². The number of carbonyl (C=O) groups is 1. The fourth-order valence-electron chi connectivity index (χ4n) is 5.18. The molecule has 3 aliphatic rings. The molecule has 206 valence electrons. The number of hydrogen-bond acceptors (Lipinski definition) is 8. The van der Waals surface area contributed by atoms with E-state index in [0.717, 1.165) is 25.9 Å². The van der Waals surface area contributed by atoms with Gasteiger partial charge in [0, 0.05) is 50.8 Å². The number of amides is 1. The SMILES string of the molecule is Cc1cc(NC(=O)c2ccc(NS(=O)(=O)CCO)cc2N2CCC3CC3C2)nc(N2CCC(F)(F)CC2)n1. The molecule has 2 atom stereocenters. The molecule has 5 rings (SSSR count). The third-order valence-electron chi connectivity index (χ3n) is 7.37. The monoisotopic (exact) mass is 550 g/mol. The van der Waals surface area contributed by atoms with Gasteiger partial charge in [0.2, 0.25) is 16.0 Å². The van der Waals surface area contributed by atoms with Crippen molar-refractivity contribution < 1.29 is 27.1 Å². The summed E-state index contributed by atoms with van der Waals surface area (Å²) in [7, 11) is -3.73. The Morgan fingerprint density at radius 3 is 2.61 bits per heavy atom. The Hall–Kier alpha value is -3.06. The molecule has 3 fully saturated rings. The van der Waals surface area contributed by atoms with Gasteiger partial charge >= 0.3 is 0 Å². The standard InChI is InChI=1S/C25H32F2N6O4S/c1-16-12-22(30-24(28-16)32-8-5-25(26,27)6-9-32)29-23(35)20-3-2-19(31-38(36,37)11-10-34)14-21(20)33-7-4-17-13-18(17)15-33/h2-3,12,14,17-18,31,34H,4-11,13,15H2,1H3,(H,28,29,30,35). The second kappa shape index (κ2) is 10.3. The average Bonchev–Trinajstić information content (AvgIpc) is 3.62. The maximum Gasteiger partial charge on any atom is 0.258 e. The van der Waals surface area contributed by atoms with Gasteiger partial charge in [0.05, 0.1) is 29.3 Å². The highest BCUT2D eigenvalue weighted by molar-refractivity contribution is 7.92. The predicted molar refractivity (Wildman–Crippen MR) is 140 cm³/mol. The van der Waals surface area contributed by atoms with Gasteiger partial charge in [-0.1, -0.05) is 0 Å². The third-order valence-corrected chi connectivity index (χ3v) is 8.64. The molecule has 2 aromatic rings. The van der Waals surface area contributed by atoms with Gasteiger partial charge in [-0.2, -0.15) is 4.98 Å². The summed E-state index contributed by atoms with van der Waals surface area (Å²) in [5.74, 6) is -1.71. The Labute approximate surface area is 220 Å². The molecule has 1 amide bonds. The van der Waals surface area contributed by atoms with Crippen LogP contribution in [0.4, 0.5) is 31.9 Å². The normalized spacial score (nSPS) is 22.5. The summed E-state index contributed by atoms with van der Waals surface area (Å²) in [4.78, 5) is 26.1. The van der Waals surface area contributed by atoms with E-state index in [4.69, 9.17) is 5.11 Å². The van der Waals surface area contributed by atoms with Gasteiger partial charge < -0.3 is 20.2 Å². The summed E-state index contributed by atoms with van der Waals surface area (Å²) in [6, 6.07) is 6.35. The lowest BCUT2D eigenvalue weighted by atomic mass is 10.1. The van der Waals surface area contributed by atoms with E-state index in [9.17, 15) is 22.0 Å². The van der Waals surface area contributed by atoms with Crippen LogP contribution >= 0.6 is 0 Å². The number of nitrogens with zero attached hydrogens (tertiary/aromatic N) is 4. The maximum atomic E-state index is 13.6. The van der Waals surface area contributed by atoms with E-state index in [-0.39, 0.29) is 31.7 Å². The number of carbonyl (C=O) groups excluding carboxylic acids is 1. The molecule has 2 unspecified atom stereocenters. The second-order valence-electron chi connectivity index (χ2n) is 10.4. The highest BCUT2D eigenvalue weighted by atomic mass is 32.2. The molecule has 1 aliphatic carbocycles. The lowest BCUT2D eigenvalue weighted by Gasteiger charge is -2.32. The Bertz CT molecular complexity index is 1310. The van der Waals surface area contributed by atoms with Crippen LogP contribution in [0.1, 0.15) is 41.7 Å². The van der Waals surface area contributed by atoms with Crippen LogP contribution in [0.15, 0.2) is 24.3 Å². The van der Waals surface area contributed by atoms with Gasteiger partial charge in [-0.05, 0) is 49.8 Å². The second-order valence-corrected chi connectivity index (χ2v) is 12.2. The van der Waals surface area contributed by atoms with Crippen LogP contribution in [0.2, 0.25) is 0 Å². The van der Waals surface area contributed by atoms with Crippen LogP contribution in [0, 0.1) is 18.8 Å². The highest BCUT2D eigenvalue weighted by Crippen LogP contribution is 2.46. The lowest BCUT2D eigenvalue weighted by Crippen LogP contribution is -2.40. The van der Waals surface area contributed by atoms with Crippen LogP contribution in [-0.4, -0.2) is 73.9 Å². The van der Waals surface area contributed by atoms with Crippen molar-refractivity contribution in [2.24, 2.45) is 11.8 Å². The average molecular weight is 551 g/mol. The molecular formula is C25H32F2N6O4S. The van der Waals surface area contributed by atoms with Crippen molar-refractivity contribution >= 4 is 39.1 Å².